The molecule has 2 aliphatic rings. The SMILES string of the molecule is COC(=O)C1(C)CC(N)C1.COC(=O)C1(C)CC(NC(C)=O)C1. The Balaban J connectivity index is 0.000000238. The molecule has 0 aromatic rings. The Morgan fingerprint density at radius 3 is 1.65 bits per heavy atom. The minimum atomic E-state index is -0.387. The second kappa shape index (κ2) is 7.29. The van der Waals surface area contributed by atoms with Crippen LogP contribution in [0, 0.1) is 10.8 Å². The Labute approximate surface area is 137 Å². The molecule has 2 saturated carbocycles. The maximum absolute atomic E-state index is 11.2. The molecule has 23 heavy (non-hydrogen) atoms. The lowest BCUT2D eigenvalue weighted by Gasteiger charge is -2.42. The van der Waals surface area contributed by atoms with E-state index in [1.807, 2.05) is 13.8 Å². The van der Waals surface area contributed by atoms with E-state index >= 15 is 0 Å². The van der Waals surface area contributed by atoms with Crippen molar-refractivity contribution >= 4 is 17.8 Å². The summed E-state index contributed by atoms with van der Waals surface area (Å²) in [6.07, 6.45) is 2.89. The van der Waals surface area contributed by atoms with Crippen LogP contribution in [0.4, 0.5) is 0 Å². The third-order valence-corrected chi connectivity index (χ3v) is 4.58. The summed E-state index contributed by atoms with van der Waals surface area (Å²) < 4.78 is 9.27. The van der Waals surface area contributed by atoms with E-state index in [1.165, 1.54) is 21.1 Å². The lowest BCUT2D eigenvalue weighted by Crippen LogP contribution is -2.52. The maximum atomic E-state index is 11.2. The van der Waals surface area contributed by atoms with Gasteiger partial charge in [-0.25, -0.2) is 0 Å². The molecule has 0 aromatic carbocycles. The molecule has 132 valence electrons. The number of carbonyl (C=O) groups is 3. The Morgan fingerprint density at radius 1 is 0.957 bits per heavy atom. The van der Waals surface area contributed by atoms with Crippen molar-refractivity contribution in [1.29, 1.82) is 0 Å². The number of carbonyl (C=O) groups excluding carboxylic acids is 3. The average Bonchev–Trinajstić information content (AvgIpc) is 2.42. The van der Waals surface area contributed by atoms with Gasteiger partial charge in [-0.05, 0) is 39.5 Å². The molecule has 0 heterocycles. The van der Waals surface area contributed by atoms with E-state index in [2.05, 4.69) is 14.8 Å². The van der Waals surface area contributed by atoms with Gasteiger partial charge in [0.2, 0.25) is 5.91 Å². The van der Waals surface area contributed by atoms with Gasteiger partial charge in [-0.15, -0.1) is 0 Å². The monoisotopic (exact) mass is 328 g/mol. The second-order valence-electron chi connectivity index (χ2n) is 7.08. The summed E-state index contributed by atoms with van der Waals surface area (Å²) in [5.41, 5.74) is 4.87. The number of nitrogens with one attached hydrogen (secondary N) is 1. The molecule has 3 N–H and O–H groups in total. The molecule has 0 bridgehead atoms. The van der Waals surface area contributed by atoms with Crippen LogP contribution in [0.3, 0.4) is 0 Å². The van der Waals surface area contributed by atoms with E-state index in [0.717, 1.165) is 12.8 Å². The summed E-state index contributed by atoms with van der Waals surface area (Å²) in [6.45, 7) is 5.23. The molecule has 0 spiro atoms. The quantitative estimate of drug-likeness (QED) is 0.740. The first kappa shape index (κ1) is 19.4. The van der Waals surface area contributed by atoms with Gasteiger partial charge in [0.05, 0.1) is 25.0 Å². The van der Waals surface area contributed by atoms with Crippen LogP contribution in [-0.2, 0) is 23.9 Å². The molecule has 7 heteroatoms. The van der Waals surface area contributed by atoms with Crippen molar-refractivity contribution in [2.24, 2.45) is 16.6 Å². The van der Waals surface area contributed by atoms with Gasteiger partial charge in [-0.1, -0.05) is 0 Å². The van der Waals surface area contributed by atoms with Gasteiger partial charge in [0, 0.05) is 19.0 Å². The largest absolute Gasteiger partial charge is 0.469 e. The fourth-order valence-electron chi connectivity index (χ4n) is 3.34. The summed E-state index contributed by atoms with van der Waals surface area (Å²) in [5, 5.41) is 2.77. The highest BCUT2D eigenvalue weighted by molar-refractivity contribution is 5.79. The predicted molar refractivity (Wildman–Crippen MR) is 84.3 cm³/mol. The van der Waals surface area contributed by atoms with Gasteiger partial charge in [-0.3, -0.25) is 14.4 Å². The van der Waals surface area contributed by atoms with Crippen molar-refractivity contribution in [2.45, 2.75) is 58.5 Å². The summed E-state index contributed by atoms with van der Waals surface area (Å²) in [5.74, 6) is -0.361. The normalized spacial score (nSPS) is 34.7. The Hall–Kier alpha value is -1.63. The lowest BCUT2D eigenvalue weighted by atomic mass is 9.67. The van der Waals surface area contributed by atoms with Crippen molar-refractivity contribution in [3.05, 3.63) is 0 Å². The van der Waals surface area contributed by atoms with Crippen molar-refractivity contribution in [1.82, 2.24) is 5.32 Å². The van der Waals surface area contributed by atoms with Crippen LogP contribution >= 0.6 is 0 Å². The van der Waals surface area contributed by atoms with E-state index in [-0.39, 0.29) is 40.8 Å². The minimum absolute atomic E-state index is 0.0445. The van der Waals surface area contributed by atoms with Crippen molar-refractivity contribution in [3.8, 4) is 0 Å². The highest BCUT2D eigenvalue weighted by Gasteiger charge is 2.47. The molecule has 0 aliphatic heterocycles. The van der Waals surface area contributed by atoms with Crippen LogP contribution in [0.2, 0.25) is 0 Å². The number of hydrogen-bond donors (Lipinski definition) is 2. The number of rotatable bonds is 3. The molecular weight excluding hydrogens is 300 g/mol. The van der Waals surface area contributed by atoms with Crippen LogP contribution in [-0.4, -0.2) is 44.1 Å². The number of ether oxygens (including phenoxy) is 2. The van der Waals surface area contributed by atoms with E-state index in [4.69, 9.17) is 5.73 Å². The maximum Gasteiger partial charge on any atom is 0.311 e. The molecule has 2 rings (SSSR count). The van der Waals surface area contributed by atoms with Gasteiger partial charge in [0.1, 0.15) is 0 Å². The molecule has 2 aliphatic carbocycles. The van der Waals surface area contributed by atoms with Crippen molar-refractivity contribution < 1.29 is 23.9 Å². The molecule has 0 saturated heterocycles. The van der Waals surface area contributed by atoms with Crippen LogP contribution in [0.1, 0.15) is 46.5 Å². The van der Waals surface area contributed by atoms with E-state index in [0.29, 0.717) is 12.8 Å². The Morgan fingerprint density at radius 2 is 1.35 bits per heavy atom. The van der Waals surface area contributed by atoms with Gasteiger partial charge >= 0.3 is 11.9 Å². The van der Waals surface area contributed by atoms with E-state index in [1.54, 1.807) is 0 Å². The molecule has 7 nitrogen and oxygen atoms in total. The number of amides is 1. The summed E-state index contributed by atoms with van der Waals surface area (Å²) in [7, 11) is 2.80. The van der Waals surface area contributed by atoms with Crippen LogP contribution < -0.4 is 11.1 Å². The molecule has 0 radical (unpaired) electrons. The van der Waals surface area contributed by atoms with Gasteiger partial charge in [0.15, 0.2) is 0 Å². The van der Waals surface area contributed by atoms with E-state index < -0.39 is 0 Å². The van der Waals surface area contributed by atoms with Crippen LogP contribution in [0.25, 0.3) is 0 Å². The first-order chi connectivity index (χ1) is 10.6. The highest BCUT2D eigenvalue weighted by Crippen LogP contribution is 2.41. The first-order valence-corrected chi connectivity index (χ1v) is 7.76. The van der Waals surface area contributed by atoms with Gasteiger partial charge in [0.25, 0.3) is 0 Å². The Bertz CT molecular complexity index is 465. The smallest absolute Gasteiger partial charge is 0.311 e. The molecular formula is C16H28N2O5. The number of methoxy groups -OCH3 is 2. The summed E-state index contributed by atoms with van der Waals surface area (Å²) in [6, 6.07) is 0.339. The topological polar surface area (TPSA) is 108 Å². The summed E-state index contributed by atoms with van der Waals surface area (Å²) in [4.78, 5) is 32.9. The summed E-state index contributed by atoms with van der Waals surface area (Å²) >= 11 is 0. The predicted octanol–water partition coefficient (Wildman–Crippen LogP) is 0.751. The fraction of sp³-hybridized carbons (Fsp3) is 0.812. The minimum Gasteiger partial charge on any atom is -0.469 e. The number of nitrogens with two attached hydrogens (primary N) is 1. The van der Waals surface area contributed by atoms with Crippen LogP contribution in [0.15, 0.2) is 0 Å². The molecule has 1 amide bonds. The highest BCUT2D eigenvalue weighted by atomic mass is 16.5. The zero-order valence-corrected chi connectivity index (χ0v) is 14.6. The zero-order chi connectivity index (χ0) is 17.8. The van der Waals surface area contributed by atoms with Gasteiger partial charge < -0.3 is 20.5 Å². The molecule has 0 aromatic heterocycles. The average molecular weight is 328 g/mol. The standard InChI is InChI=1S/C9H15NO3.C7H13NO2/c1-6(11)10-7-4-9(2,5-7)8(12)13-3;1-7(6(9)10-2)3-5(8)4-7/h7H,4-5H2,1-3H3,(H,10,11);5H,3-4,8H2,1-2H3. The molecule has 0 unspecified atom stereocenters. The molecule has 2 fully saturated rings. The third kappa shape index (κ3) is 4.67. The first-order valence-electron chi connectivity index (χ1n) is 7.76. The Kier molecular flexibility index (Phi) is 6.16. The van der Waals surface area contributed by atoms with Crippen LogP contribution in [0.5, 0.6) is 0 Å². The fourth-order valence-corrected chi connectivity index (χ4v) is 3.34. The third-order valence-electron chi connectivity index (χ3n) is 4.58. The van der Waals surface area contributed by atoms with Crippen molar-refractivity contribution in [3.63, 3.8) is 0 Å². The number of hydrogen-bond acceptors (Lipinski definition) is 6. The molecule has 0 atom stereocenters. The second-order valence-corrected chi connectivity index (χ2v) is 7.08. The van der Waals surface area contributed by atoms with Crippen molar-refractivity contribution in [2.75, 3.05) is 14.2 Å². The van der Waals surface area contributed by atoms with Gasteiger partial charge in [-0.2, -0.15) is 0 Å². The van der Waals surface area contributed by atoms with E-state index in [9.17, 15) is 14.4 Å². The zero-order valence-electron chi connectivity index (χ0n) is 14.6. The number of esters is 2. The lowest BCUT2D eigenvalue weighted by molar-refractivity contribution is -0.159.